The molecule has 0 bridgehead atoms. The van der Waals surface area contributed by atoms with Gasteiger partial charge in [0.05, 0.1) is 0 Å². The number of carbonyl (C=O) groups is 1. The van der Waals surface area contributed by atoms with Gasteiger partial charge in [-0.1, -0.05) is 17.7 Å². The number of rotatable bonds is 2. The number of imidazole rings is 1. The van der Waals surface area contributed by atoms with Crippen LogP contribution in [0.2, 0.25) is 5.15 Å². The zero-order valence-electron chi connectivity index (χ0n) is 8.51. The van der Waals surface area contributed by atoms with Crippen molar-refractivity contribution in [2.45, 2.75) is 13.0 Å². The highest BCUT2D eigenvalue weighted by molar-refractivity contribution is 6.30. The molecule has 6 heteroatoms. The van der Waals surface area contributed by atoms with Crippen molar-refractivity contribution in [1.82, 2.24) is 9.38 Å². The topological polar surface area (TPSA) is 80.6 Å². The van der Waals surface area contributed by atoms with Crippen molar-refractivity contribution in [3.63, 3.8) is 0 Å². The normalized spacial score (nSPS) is 12.9. The number of aromatic nitrogens is 2. The number of halogens is 1. The minimum atomic E-state index is -1.20. The third kappa shape index (κ3) is 1.54. The molecule has 0 radical (unpaired) electrons. The number of hydrogen-bond acceptors (Lipinski definition) is 3. The molecule has 0 aliphatic carbocycles. The summed E-state index contributed by atoms with van der Waals surface area (Å²) in [6.07, 6.45) is 1.72. The van der Waals surface area contributed by atoms with E-state index in [9.17, 15) is 4.79 Å². The van der Waals surface area contributed by atoms with E-state index < -0.39 is 12.0 Å². The molecule has 5 nitrogen and oxygen atoms in total. The molecule has 0 spiro atoms. The summed E-state index contributed by atoms with van der Waals surface area (Å²) in [5, 5.41) is 9.07. The monoisotopic (exact) mass is 239 g/mol. The van der Waals surface area contributed by atoms with E-state index in [1.807, 2.05) is 19.1 Å². The van der Waals surface area contributed by atoms with E-state index in [4.69, 9.17) is 22.4 Å². The average molecular weight is 240 g/mol. The van der Waals surface area contributed by atoms with E-state index in [0.717, 1.165) is 5.56 Å². The Labute approximate surface area is 96.5 Å². The van der Waals surface area contributed by atoms with Gasteiger partial charge < -0.3 is 10.8 Å². The number of fused-ring (bicyclic) bond motifs is 1. The Bertz CT molecular complexity index is 564. The summed E-state index contributed by atoms with van der Waals surface area (Å²) < 4.78 is 1.62. The fourth-order valence-corrected chi connectivity index (χ4v) is 1.80. The van der Waals surface area contributed by atoms with E-state index in [1.54, 1.807) is 10.6 Å². The van der Waals surface area contributed by atoms with Crippen LogP contribution in [-0.2, 0) is 4.79 Å². The summed E-state index contributed by atoms with van der Waals surface area (Å²) in [7, 11) is 0. The van der Waals surface area contributed by atoms with E-state index in [2.05, 4.69) is 4.98 Å². The zero-order valence-corrected chi connectivity index (χ0v) is 9.27. The first kappa shape index (κ1) is 10.9. The Morgan fingerprint density at radius 1 is 1.69 bits per heavy atom. The second-order valence-corrected chi connectivity index (χ2v) is 3.85. The fourth-order valence-electron chi connectivity index (χ4n) is 1.51. The van der Waals surface area contributed by atoms with Gasteiger partial charge in [-0.2, -0.15) is 0 Å². The predicted molar refractivity (Wildman–Crippen MR) is 59.5 cm³/mol. The maximum atomic E-state index is 10.8. The lowest BCUT2D eigenvalue weighted by Gasteiger charge is -2.01. The third-order valence-electron chi connectivity index (χ3n) is 2.37. The van der Waals surface area contributed by atoms with Gasteiger partial charge in [0.1, 0.15) is 22.5 Å². The third-order valence-corrected chi connectivity index (χ3v) is 2.75. The van der Waals surface area contributed by atoms with Gasteiger partial charge in [-0.3, -0.25) is 9.20 Å². The van der Waals surface area contributed by atoms with E-state index in [0.29, 0.717) is 5.65 Å². The average Bonchev–Trinajstić information content (AvgIpc) is 2.57. The molecule has 16 heavy (non-hydrogen) atoms. The van der Waals surface area contributed by atoms with Crippen molar-refractivity contribution in [3.05, 3.63) is 34.7 Å². The summed E-state index contributed by atoms with van der Waals surface area (Å²) in [4.78, 5) is 14.9. The van der Waals surface area contributed by atoms with Gasteiger partial charge in [-0.25, -0.2) is 4.98 Å². The van der Waals surface area contributed by atoms with Crippen LogP contribution in [0, 0.1) is 6.92 Å². The molecule has 2 aromatic rings. The van der Waals surface area contributed by atoms with Crippen molar-refractivity contribution in [2.24, 2.45) is 5.73 Å². The van der Waals surface area contributed by atoms with Crippen molar-refractivity contribution < 1.29 is 9.90 Å². The SMILES string of the molecule is Cc1cccn2c(Cl)c(C(N)C(=O)O)nc12. The molecule has 3 N–H and O–H groups in total. The largest absolute Gasteiger partial charge is 0.480 e. The Kier molecular flexibility index (Phi) is 2.57. The fraction of sp³-hybridized carbons (Fsp3) is 0.200. The first-order chi connectivity index (χ1) is 7.52. The molecule has 0 aromatic carbocycles. The maximum absolute atomic E-state index is 10.8. The molecule has 0 saturated carbocycles. The standard InChI is InChI=1S/C10H10ClN3O2/c1-5-3-2-4-14-8(11)7(13-9(5)14)6(12)10(15)16/h2-4,6H,12H2,1H3,(H,15,16). The highest BCUT2D eigenvalue weighted by Gasteiger charge is 2.22. The molecule has 2 heterocycles. The van der Waals surface area contributed by atoms with Gasteiger partial charge >= 0.3 is 5.97 Å². The molecule has 84 valence electrons. The van der Waals surface area contributed by atoms with Crippen molar-refractivity contribution in [2.75, 3.05) is 0 Å². The number of aliphatic carboxylic acids is 1. The van der Waals surface area contributed by atoms with Crippen LogP contribution >= 0.6 is 11.6 Å². The van der Waals surface area contributed by atoms with E-state index >= 15 is 0 Å². The summed E-state index contributed by atoms with van der Waals surface area (Å²) in [6, 6.07) is 2.48. The number of carboxylic acid groups (broad SMARTS) is 1. The van der Waals surface area contributed by atoms with Gasteiger partial charge in [0.2, 0.25) is 0 Å². The van der Waals surface area contributed by atoms with Crippen LogP contribution in [0.5, 0.6) is 0 Å². The van der Waals surface area contributed by atoms with E-state index in [-0.39, 0.29) is 10.8 Å². The smallest absolute Gasteiger partial charge is 0.326 e. The number of hydrogen-bond donors (Lipinski definition) is 2. The quantitative estimate of drug-likeness (QED) is 0.830. The highest BCUT2D eigenvalue weighted by atomic mass is 35.5. The van der Waals surface area contributed by atoms with Gasteiger partial charge in [0.25, 0.3) is 0 Å². The number of nitrogens with two attached hydrogens (primary N) is 1. The Hall–Kier alpha value is -1.59. The molecule has 1 unspecified atom stereocenters. The van der Waals surface area contributed by atoms with Crippen LogP contribution in [-0.4, -0.2) is 20.5 Å². The highest BCUT2D eigenvalue weighted by Crippen LogP contribution is 2.24. The Balaban J connectivity index is 2.69. The molecular formula is C10H10ClN3O2. The number of pyridine rings is 1. The molecule has 0 aliphatic heterocycles. The summed E-state index contributed by atoms with van der Waals surface area (Å²) in [5.41, 5.74) is 7.21. The lowest BCUT2D eigenvalue weighted by atomic mass is 10.2. The lowest BCUT2D eigenvalue weighted by molar-refractivity contribution is -0.138. The van der Waals surface area contributed by atoms with Crippen LogP contribution in [0.25, 0.3) is 5.65 Å². The van der Waals surface area contributed by atoms with Crippen LogP contribution in [0.4, 0.5) is 0 Å². The molecule has 0 amide bonds. The molecule has 0 aliphatic rings. The molecular weight excluding hydrogens is 230 g/mol. The maximum Gasteiger partial charge on any atom is 0.326 e. The minimum Gasteiger partial charge on any atom is -0.480 e. The number of carboxylic acids is 1. The van der Waals surface area contributed by atoms with Gasteiger partial charge in [-0.15, -0.1) is 0 Å². The zero-order chi connectivity index (χ0) is 11.9. The molecule has 0 saturated heterocycles. The van der Waals surface area contributed by atoms with Crippen LogP contribution in [0.1, 0.15) is 17.3 Å². The van der Waals surface area contributed by atoms with Crippen LogP contribution in [0.15, 0.2) is 18.3 Å². The summed E-state index contributed by atoms with van der Waals surface area (Å²) in [6.45, 7) is 1.87. The van der Waals surface area contributed by atoms with Gasteiger partial charge in [0, 0.05) is 6.20 Å². The first-order valence-corrected chi connectivity index (χ1v) is 5.01. The molecule has 0 fully saturated rings. The van der Waals surface area contributed by atoms with Crippen molar-refractivity contribution >= 4 is 23.2 Å². The number of aryl methyl sites for hydroxylation is 1. The Morgan fingerprint density at radius 2 is 2.38 bits per heavy atom. The molecule has 1 atom stereocenters. The second kappa shape index (κ2) is 3.77. The van der Waals surface area contributed by atoms with Crippen molar-refractivity contribution in [1.29, 1.82) is 0 Å². The lowest BCUT2D eigenvalue weighted by Crippen LogP contribution is -2.21. The van der Waals surface area contributed by atoms with Crippen molar-refractivity contribution in [3.8, 4) is 0 Å². The van der Waals surface area contributed by atoms with Gasteiger partial charge in [0.15, 0.2) is 0 Å². The van der Waals surface area contributed by atoms with E-state index in [1.165, 1.54) is 0 Å². The minimum absolute atomic E-state index is 0.184. The molecule has 2 rings (SSSR count). The molecule has 2 aromatic heterocycles. The second-order valence-electron chi connectivity index (χ2n) is 3.49. The first-order valence-electron chi connectivity index (χ1n) is 4.64. The predicted octanol–water partition coefficient (Wildman–Crippen LogP) is 1.38. The number of nitrogens with zero attached hydrogens (tertiary/aromatic N) is 2. The van der Waals surface area contributed by atoms with Gasteiger partial charge in [-0.05, 0) is 18.6 Å². The summed E-state index contributed by atoms with van der Waals surface area (Å²) >= 11 is 6.03. The Morgan fingerprint density at radius 3 is 2.94 bits per heavy atom. The van der Waals surface area contributed by atoms with Crippen LogP contribution < -0.4 is 5.73 Å². The van der Waals surface area contributed by atoms with Crippen LogP contribution in [0.3, 0.4) is 0 Å². The summed E-state index contributed by atoms with van der Waals surface area (Å²) in [5.74, 6) is -1.15.